The molecule has 1 amide bonds. The maximum atomic E-state index is 12.2. The number of likely N-dealkylation sites (tertiary alicyclic amines) is 2. The molecule has 2 rings (SSSR count). The average molecular weight is 268 g/mol. The lowest BCUT2D eigenvalue weighted by Crippen LogP contribution is -2.45. The van der Waals surface area contributed by atoms with Gasteiger partial charge in [-0.2, -0.15) is 0 Å². The summed E-state index contributed by atoms with van der Waals surface area (Å²) in [5.74, 6) is -0.812. The summed E-state index contributed by atoms with van der Waals surface area (Å²) in [5, 5.41) is 8.94. The second kappa shape index (κ2) is 6.89. The molecular formula is C14H24N2O3. The van der Waals surface area contributed by atoms with Gasteiger partial charge in [0.25, 0.3) is 0 Å². The van der Waals surface area contributed by atoms with Crippen molar-refractivity contribution >= 4 is 11.9 Å². The molecule has 0 aromatic heterocycles. The van der Waals surface area contributed by atoms with Crippen LogP contribution in [0.2, 0.25) is 0 Å². The van der Waals surface area contributed by atoms with E-state index in [1.165, 1.54) is 25.7 Å². The van der Waals surface area contributed by atoms with E-state index >= 15 is 0 Å². The molecule has 2 saturated heterocycles. The van der Waals surface area contributed by atoms with Crippen LogP contribution in [0.25, 0.3) is 0 Å². The molecule has 0 atom stereocenters. The molecule has 1 N–H and O–H groups in total. The van der Waals surface area contributed by atoms with Crippen LogP contribution < -0.4 is 0 Å². The van der Waals surface area contributed by atoms with Crippen LogP contribution in [-0.4, -0.2) is 59.5 Å². The number of aliphatic carboxylic acids is 1. The van der Waals surface area contributed by atoms with E-state index < -0.39 is 5.97 Å². The number of hydrogen-bond acceptors (Lipinski definition) is 3. The van der Waals surface area contributed by atoms with Crippen LogP contribution in [0.15, 0.2) is 0 Å². The zero-order chi connectivity index (χ0) is 13.7. The number of carboxylic acid groups (broad SMARTS) is 1. The van der Waals surface area contributed by atoms with E-state index in [0.29, 0.717) is 32.5 Å². The molecule has 0 aromatic carbocycles. The van der Waals surface area contributed by atoms with E-state index in [0.717, 1.165) is 13.1 Å². The number of amides is 1. The summed E-state index contributed by atoms with van der Waals surface area (Å²) >= 11 is 0. The quantitative estimate of drug-likeness (QED) is 0.835. The number of carbonyl (C=O) groups is 2. The van der Waals surface area contributed by atoms with Crippen LogP contribution in [0, 0.1) is 5.92 Å². The molecule has 19 heavy (non-hydrogen) atoms. The standard InChI is InChI=1S/C14H24N2O3/c17-13(11-15-7-3-1-2-4-8-15)16-9-5-12(6-10-16)14(18)19/h12H,1-11H2,(H,18,19). The number of hydrogen-bond donors (Lipinski definition) is 1. The lowest BCUT2D eigenvalue weighted by molar-refractivity contribution is -0.146. The van der Waals surface area contributed by atoms with Gasteiger partial charge in [-0.1, -0.05) is 12.8 Å². The lowest BCUT2D eigenvalue weighted by Gasteiger charge is -2.32. The smallest absolute Gasteiger partial charge is 0.306 e. The molecule has 0 spiro atoms. The van der Waals surface area contributed by atoms with Gasteiger partial charge in [-0.15, -0.1) is 0 Å². The molecule has 0 bridgehead atoms. The van der Waals surface area contributed by atoms with Gasteiger partial charge in [0.05, 0.1) is 12.5 Å². The Morgan fingerprint density at radius 1 is 0.947 bits per heavy atom. The van der Waals surface area contributed by atoms with E-state index in [-0.39, 0.29) is 11.8 Å². The molecule has 5 nitrogen and oxygen atoms in total. The fraction of sp³-hybridized carbons (Fsp3) is 0.857. The molecule has 0 unspecified atom stereocenters. The van der Waals surface area contributed by atoms with Crippen molar-refractivity contribution in [2.24, 2.45) is 5.92 Å². The van der Waals surface area contributed by atoms with Crippen LogP contribution in [0.4, 0.5) is 0 Å². The molecule has 0 radical (unpaired) electrons. The fourth-order valence-electron chi connectivity index (χ4n) is 2.96. The van der Waals surface area contributed by atoms with Crippen molar-refractivity contribution in [3.63, 3.8) is 0 Å². The van der Waals surface area contributed by atoms with Gasteiger partial charge in [-0.3, -0.25) is 14.5 Å². The predicted molar refractivity (Wildman–Crippen MR) is 71.8 cm³/mol. The Hall–Kier alpha value is -1.10. The maximum absolute atomic E-state index is 12.2. The molecule has 2 aliphatic rings. The zero-order valence-corrected chi connectivity index (χ0v) is 11.5. The van der Waals surface area contributed by atoms with Gasteiger partial charge in [-0.05, 0) is 38.8 Å². The summed E-state index contributed by atoms with van der Waals surface area (Å²) in [5.41, 5.74) is 0. The highest BCUT2D eigenvalue weighted by atomic mass is 16.4. The van der Waals surface area contributed by atoms with Gasteiger partial charge in [0, 0.05) is 13.1 Å². The summed E-state index contributed by atoms with van der Waals surface area (Å²) in [7, 11) is 0. The van der Waals surface area contributed by atoms with Crippen LogP contribution in [0.1, 0.15) is 38.5 Å². The number of carboxylic acids is 1. The largest absolute Gasteiger partial charge is 0.481 e. The molecule has 0 saturated carbocycles. The molecule has 2 heterocycles. The molecular weight excluding hydrogens is 244 g/mol. The van der Waals surface area contributed by atoms with Crippen molar-refractivity contribution in [1.29, 1.82) is 0 Å². The van der Waals surface area contributed by atoms with Crippen LogP contribution >= 0.6 is 0 Å². The van der Waals surface area contributed by atoms with E-state index in [2.05, 4.69) is 4.90 Å². The van der Waals surface area contributed by atoms with Crippen LogP contribution in [0.3, 0.4) is 0 Å². The van der Waals surface area contributed by atoms with E-state index in [4.69, 9.17) is 5.11 Å². The third-order valence-corrected chi connectivity index (χ3v) is 4.25. The minimum absolute atomic E-state index is 0.172. The Labute approximate surface area is 114 Å². The first-order valence-corrected chi connectivity index (χ1v) is 7.40. The second-order valence-electron chi connectivity index (χ2n) is 5.68. The molecule has 5 heteroatoms. The number of rotatable bonds is 3. The van der Waals surface area contributed by atoms with E-state index in [1.54, 1.807) is 0 Å². The SMILES string of the molecule is O=C(O)C1CCN(C(=O)CN2CCCCCC2)CC1. The normalized spacial score (nSPS) is 23.1. The van der Waals surface area contributed by atoms with E-state index in [1.807, 2.05) is 4.90 Å². The molecule has 0 aliphatic carbocycles. The summed E-state index contributed by atoms with van der Waals surface area (Å²) in [6.07, 6.45) is 6.12. The van der Waals surface area contributed by atoms with Gasteiger partial charge in [0.1, 0.15) is 0 Å². The average Bonchev–Trinajstić information content (AvgIpc) is 2.67. The summed E-state index contributed by atoms with van der Waals surface area (Å²) in [4.78, 5) is 27.2. The Balaban J connectivity index is 1.76. The van der Waals surface area contributed by atoms with Crippen molar-refractivity contribution in [2.75, 3.05) is 32.7 Å². The summed E-state index contributed by atoms with van der Waals surface area (Å²) < 4.78 is 0. The van der Waals surface area contributed by atoms with Crippen molar-refractivity contribution in [3.8, 4) is 0 Å². The molecule has 2 aliphatic heterocycles. The highest BCUT2D eigenvalue weighted by Crippen LogP contribution is 2.18. The third kappa shape index (κ3) is 4.20. The zero-order valence-electron chi connectivity index (χ0n) is 11.5. The van der Waals surface area contributed by atoms with Crippen molar-refractivity contribution in [1.82, 2.24) is 9.80 Å². The molecule has 2 fully saturated rings. The second-order valence-corrected chi connectivity index (χ2v) is 5.68. The minimum Gasteiger partial charge on any atom is -0.481 e. The number of carbonyl (C=O) groups excluding carboxylic acids is 1. The molecule has 0 aromatic rings. The highest BCUT2D eigenvalue weighted by molar-refractivity contribution is 5.79. The predicted octanol–water partition coefficient (Wildman–Crippen LogP) is 1.19. The Bertz CT molecular complexity index is 317. The van der Waals surface area contributed by atoms with Gasteiger partial charge >= 0.3 is 5.97 Å². The van der Waals surface area contributed by atoms with Crippen LogP contribution in [0.5, 0.6) is 0 Å². The first-order chi connectivity index (χ1) is 9.16. The summed E-state index contributed by atoms with van der Waals surface area (Å²) in [6.45, 7) is 3.76. The summed E-state index contributed by atoms with van der Waals surface area (Å²) in [6, 6.07) is 0. The van der Waals surface area contributed by atoms with Gasteiger partial charge < -0.3 is 10.0 Å². The van der Waals surface area contributed by atoms with Gasteiger partial charge in [0.2, 0.25) is 5.91 Å². The van der Waals surface area contributed by atoms with Crippen molar-refractivity contribution in [3.05, 3.63) is 0 Å². The lowest BCUT2D eigenvalue weighted by atomic mass is 9.97. The third-order valence-electron chi connectivity index (χ3n) is 4.25. The number of nitrogens with zero attached hydrogens (tertiary/aromatic N) is 2. The first kappa shape index (κ1) is 14.3. The van der Waals surface area contributed by atoms with Crippen molar-refractivity contribution in [2.45, 2.75) is 38.5 Å². The minimum atomic E-state index is -0.723. The molecule has 108 valence electrons. The van der Waals surface area contributed by atoms with Gasteiger partial charge in [0.15, 0.2) is 0 Å². The Kier molecular flexibility index (Phi) is 5.19. The Morgan fingerprint density at radius 3 is 2.05 bits per heavy atom. The van der Waals surface area contributed by atoms with Crippen LogP contribution in [-0.2, 0) is 9.59 Å². The number of piperidine rings is 1. The highest BCUT2D eigenvalue weighted by Gasteiger charge is 2.27. The first-order valence-electron chi connectivity index (χ1n) is 7.40. The topological polar surface area (TPSA) is 60.9 Å². The van der Waals surface area contributed by atoms with Gasteiger partial charge in [-0.25, -0.2) is 0 Å². The maximum Gasteiger partial charge on any atom is 0.306 e. The van der Waals surface area contributed by atoms with E-state index in [9.17, 15) is 9.59 Å². The fourth-order valence-corrected chi connectivity index (χ4v) is 2.96. The Morgan fingerprint density at radius 2 is 1.53 bits per heavy atom. The van der Waals surface area contributed by atoms with Crippen molar-refractivity contribution < 1.29 is 14.7 Å². The monoisotopic (exact) mass is 268 g/mol.